The fourth-order valence-corrected chi connectivity index (χ4v) is 2.22. The summed E-state index contributed by atoms with van der Waals surface area (Å²) in [5.74, 6) is -1.18. The van der Waals surface area contributed by atoms with Gasteiger partial charge in [-0.25, -0.2) is 0 Å². The number of carbonyl (C=O) groups excluding carboxylic acids is 1. The van der Waals surface area contributed by atoms with E-state index in [1.807, 2.05) is 12.1 Å². The van der Waals surface area contributed by atoms with E-state index in [9.17, 15) is 9.59 Å². The summed E-state index contributed by atoms with van der Waals surface area (Å²) in [6, 6.07) is 6.41. The second kappa shape index (κ2) is 7.40. The summed E-state index contributed by atoms with van der Waals surface area (Å²) in [5, 5.41) is 12.5. The summed E-state index contributed by atoms with van der Waals surface area (Å²) >= 11 is 5.79. The number of halogens is 1. The number of carboxylic acid groups (broad SMARTS) is 1. The van der Waals surface area contributed by atoms with E-state index < -0.39 is 12.0 Å². The van der Waals surface area contributed by atoms with Crippen molar-refractivity contribution in [3.05, 3.63) is 34.9 Å². The van der Waals surface area contributed by atoms with Gasteiger partial charge in [-0.2, -0.15) is 0 Å². The van der Waals surface area contributed by atoms with Gasteiger partial charge in [0.1, 0.15) is 6.04 Å². The van der Waals surface area contributed by atoms with Crippen LogP contribution in [0.15, 0.2) is 24.3 Å². The molecule has 1 fully saturated rings. The fraction of sp³-hybridized carbons (Fsp3) is 0.429. The third-order valence-electron chi connectivity index (χ3n) is 3.27. The first-order chi connectivity index (χ1) is 10.1. The summed E-state index contributed by atoms with van der Waals surface area (Å²) < 4.78 is 5.13. The summed E-state index contributed by atoms with van der Waals surface area (Å²) in [5.41, 5.74) is 0.935. The van der Waals surface area contributed by atoms with Crippen molar-refractivity contribution in [1.29, 1.82) is 0 Å². The maximum Gasteiger partial charge on any atom is 0.323 e. The predicted octanol–water partition coefficient (Wildman–Crippen LogP) is 0.742. The fourth-order valence-electron chi connectivity index (χ4n) is 2.10. The smallest absolute Gasteiger partial charge is 0.323 e. The molecule has 1 heterocycles. The van der Waals surface area contributed by atoms with Crippen LogP contribution in [0.1, 0.15) is 5.56 Å². The minimum absolute atomic E-state index is 0.0495. The molecule has 0 aliphatic carbocycles. The van der Waals surface area contributed by atoms with Gasteiger partial charge in [0.05, 0.1) is 19.8 Å². The van der Waals surface area contributed by atoms with E-state index in [4.69, 9.17) is 21.4 Å². The highest BCUT2D eigenvalue weighted by Gasteiger charge is 2.30. The second-order valence-electron chi connectivity index (χ2n) is 4.80. The van der Waals surface area contributed by atoms with Crippen molar-refractivity contribution < 1.29 is 19.4 Å². The van der Waals surface area contributed by atoms with Crippen LogP contribution in [0.5, 0.6) is 0 Å². The van der Waals surface area contributed by atoms with Gasteiger partial charge in [0.25, 0.3) is 0 Å². The average Bonchev–Trinajstić information content (AvgIpc) is 2.47. The molecule has 0 bridgehead atoms. The van der Waals surface area contributed by atoms with Crippen molar-refractivity contribution in [2.75, 3.05) is 26.3 Å². The number of hydrogen-bond acceptors (Lipinski definition) is 4. The summed E-state index contributed by atoms with van der Waals surface area (Å²) in [4.78, 5) is 24.6. The molecule has 7 heteroatoms. The van der Waals surface area contributed by atoms with Crippen LogP contribution in [-0.4, -0.2) is 54.2 Å². The lowest BCUT2D eigenvalue weighted by Crippen LogP contribution is -2.53. The molecular weight excluding hydrogens is 296 g/mol. The van der Waals surface area contributed by atoms with Crippen LogP contribution < -0.4 is 5.32 Å². The Bertz CT molecular complexity index is 506. The zero-order valence-corrected chi connectivity index (χ0v) is 12.2. The number of hydrogen-bond donors (Lipinski definition) is 2. The Morgan fingerprint density at radius 2 is 2.10 bits per heavy atom. The van der Waals surface area contributed by atoms with Crippen molar-refractivity contribution in [3.8, 4) is 0 Å². The zero-order chi connectivity index (χ0) is 15.2. The normalized spacial score (nSPS) is 19.2. The Kier molecular flexibility index (Phi) is 5.55. The molecule has 0 spiro atoms. The molecule has 2 rings (SSSR count). The van der Waals surface area contributed by atoms with E-state index in [2.05, 4.69) is 5.32 Å². The number of amides is 1. The minimum atomic E-state index is -0.972. The number of ether oxygens (including phenoxy) is 1. The molecule has 1 saturated heterocycles. The second-order valence-corrected chi connectivity index (χ2v) is 5.24. The molecule has 1 aliphatic rings. The van der Waals surface area contributed by atoms with Gasteiger partial charge in [-0.1, -0.05) is 23.7 Å². The Morgan fingerprint density at radius 3 is 2.76 bits per heavy atom. The van der Waals surface area contributed by atoms with Gasteiger partial charge in [-0.3, -0.25) is 14.5 Å². The lowest BCUT2D eigenvalue weighted by atomic mass is 10.2. The van der Waals surface area contributed by atoms with Crippen molar-refractivity contribution in [2.24, 2.45) is 0 Å². The van der Waals surface area contributed by atoms with Crippen molar-refractivity contribution in [1.82, 2.24) is 10.2 Å². The van der Waals surface area contributed by atoms with Gasteiger partial charge >= 0.3 is 5.97 Å². The topological polar surface area (TPSA) is 78.9 Å². The lowest BCUT2D eigenvalue weighted by molar-refractivity contribution is -0.150. The van der Waals surface area contributed by atoms with Crippen LogP contribution in [-0.2, 0) is 20.9 Å². The van der Waals surface area contributed by atoms with E-state index in [-0.39, 0.29) is 19.1 Å². The van der Waals surface area contributed by atoms with E-state index in [1.54, 1.807) is 17.0 Å². The van der Waals surface area contributed by atoms with Crippen LogP contribution in [0.3, 0.4) is 0 Å². The standard InChI is InChI=1S/C14H17ClN2O4/c15-11-3-1-10(2-4-11)7-16-13(18)8-17-5-6-21-9-12(17)14(19)20/h1-4,12H,5-9H2,(H,16,18)(H,19,20). The average molecular weight is 313 g/mol. The highest BCUT2D eigenvalue weighted by atomic mass is 35.5. The molecule has 1 unspecified atom stereocenters. The number of nitrogens with one attached hydrogen (secondary N) is 1. The summed E-state index contributed by atoms with van der Waals surface area (Å²) in [7, 11) is 0. The number of carboxylic acids is 1. The Balaban J connectivity index is 1.83. The van der Waals surface area contributed by atoms with Crippen molar-refractivity contribution in [2.45, 2.75) is 12.6 Å². The van der Waals surface area contributed by atoms with Gasteiger partial charge < -0.3 is 15.2 Å². The number of morpholine rings is 1. The molecule has 0 saturated carbocycles. The molecule has 1 aromatic carbocycles. The van der Waals surface area contributed by atoms with E-state index in [0.717, 1.165) is 5.56 Å². The first-order valence-corrected chi connectivity index (χ1v) is 7.00. The number of carbonyl (C=O) groups is 2. The SMILES string of the molecule is O=C(CN1CCOCC1C(=O)O)NCc1ccc(Cl)cc1. The molecule has 21 heavy (non-hydrogen) atoms. The highest BCUT2D eigenvalue weighted by Crippen LogP contribution is 2.09. The first kappa shape index (κ1) is 15.8. The van der Waals surface area contributed by atoms with Crippen LogP contribution in [0.2, 0.25) is 5.02 Å². The molecule has 114 valence electrons. The van der Waals surface area contributed by atoms with Gasteiger partial charge in [-0.15, -0.1) is 0 Å². The molecule has 2 N–H and O–H groups in total. The molecule has 6 nitrogen and oxygen atoms in total. The molecule has 1 amide bonds. The van der Waals surface area contributed by atoms with Crippen molar-refractivity contribution >= 4 is 23.5 Å². The van der Waals surface area contributed by atoms with E-state index >= 15 is 0 Å². The van der Waals surface area contributed by atoms with Gasteiger partial charge in [0.15, 0.2) is 0 Å². The maximum atomic E-state index is 11.9. The van der Waals surface area contributed by atoms with Gasteiger partial charge in [0, 0.05) is 18.1 Å². The van der Waals surface area contributed by atoms with Crippen LogP contribution in [0, 0.1) is 0 Å². The zero-order valence-electron chi connectivity index (χ0n) is 11.4. The van der Waals surface area contributed by atoms with Gasteiger partial charge in [-0.05, 0) is 17.7 Å². The molecule has 1 aromatic rings. The minimum Gasteiger partial charge on any atom is -0.480 e. The summed E-state index contributed by atoms with van der Waals surface area (Å²) in [6.07, 6.45) is 0. The number of rotatable bonds is 5. The third-order valence-corrected chi connectivity index (χ3v) is 3.53. The lowest BCUT2D eigenvalue weighted by Gasteiger charge is -2.32. The molecule has 0 radical (unpaired) electrons. The third kappa shape index (κ3) is 4.70. The van der Waals surface area contributed by atoms with Crippen LogP contribution in [0.4, 0.5) is 0 Å². The first-order valence-electron chi connectivity index (χ1n) is 6.62. The largest absolute Gasteiger partial charge is 0.480 e. The predicted molar refractivity (Wildman–Crippen MR) is 77.1 cm³/mol. The monoisotopic (exact) mass is 312 g/mol. The quantitative estimate of drug-likeness (QED) is 0.838. The molecular formula is C14H17ClN2O4. The molecule has 0 aromatic heterocycles. The Hall–Kier alpha value is -1.63. The number of aliphatic carboxylic acids is 1. The highest BCUT2D eigenvalue weighted by molar-refractivity contribution is 6.30. The Labute approximate surface area is 127 Å². The maximum absolute atomic E-state index is 11.9. The Morgan fingerprint density at radius 1 is 1.38 bits per heavy atom. The van der Waals surface area contributed by atoms with Gasteiger partial charge in [0.2, 0.25) is 5.91 Å². The van der Waals surface area contributed by atoms with E-state index in [0.29, 0.717) is 24.7 Å². The van der Waals surface area contributed by atoms with Crippen LogP contribution in [0.25, 0.3) is 0 Å². The molecule has 1 aliphatic heterocycles. The van der Waals surface area contributed by atoms with Crippen molar-refractivity contribution in [3.63, 3.8) is 0 Å². The van der Waals surface area contributed by atoms with Crippen LogP contribution >= 0.6 is 11.6 Å². The number of benzene rings is 1. The summed E-state index contributed by atoms with van der Waals surface area (Å²) in [6.45, 7) is 1.42. The van der Waals surface area contributed by atoms with E-state index in [1.165, 1.54) is 0 Å². The molecule has 1 atom stereocenters. The number of nitrogens with zero attached hydrogens (tertiary/aromatic N) is 1.